The topological polar surface area (TPSA) is 69.1 Å². The van der Waals surface area contributed by atoms with Crippen molar-refractivity contribution in [3.05, 3.63) is 76.6 Å². The molecule has 25 heavy (non-hydrogen) atoms. The Morgan fingerprint density at radius 3 is 2.60 bits per heavy atom. The van der Waals surface area contributed by atoms with Crippen molar-refractivity contribution in [2.45, 2.75) is 17.6 Å². The van der Waals surface area contributed by atoms with E-state index in [1.165, 1.54) is 0 Å². The van der Waals surface area contributed by atoms with Crippen molar-refractivity contribution in [1.29, 1.82) is 0 Å². The van der Waals surface area contributed by atoms with Crippen LogP contribution in [0, 0.1) is 0 Å². The lowest BCUT2D eigenvalue weighted by molar-refractivity contribution is 0.606. The number of fused-ring (bicyclic) bond motifs is 1. The van der Waals surface area contributed by atoms with E-state index >= 15 is 0 Å². The summed E-state index contributed by atoms with van der Waals surface area (Å²) in [4.78, 5) is 0. The molecule has 7 heteroatoms. The van der Waals surface area contributed by atoms with Crippen LogP contribution in [0.1, 0.15) is 23.0 Å². The van der Waals surface area contributed by atoms with Crippen LogP contribution >= 0.6 is 23.4 Å². The summed E-state index contributed by atoms with van der Waals surface area (Å²) in [6.45, 7) is 0. The second-order valence-corrected chi connectivity index (χ2v) is 7.17. The van der Waals surface area contributed by atoms with Crippen LogP contribution in [0.3, 0.4) is 0 Å². The van der Waals surface area contributed by atoms with Gasteiger partial charge in [0.15, 0.2) is 5.82 Å². The standard InChI is InChI=1S/C18H16ClN5S/c19-14-8-6-13(7-9-14)16-11-25-18-22-21-17(24(18)23-16)15(20)10-12-4-2-1-3-5-12/h1-9,15H,10-11,20H2/t15-/m0/s1. The van der Waals surface area contributed by atoms with Crippen LogP contribution in [-0.2, 0) is 6.42 Å². The van der Waals surface area contributed by atoms with E-state index in [2.05, 4.69) is 22.3 Å². The molecule has 0 saturated carbocycles. The third kappa shape index (κ3) is 3.46. The normalized spacial score (nSPS) is 14.7. The minimum Gasteiger partial charge on any atom is -0.321 e. The second kappa shape index (κ2) is 7.00. The molecule has 0 fully saturated rings. The first kappa shape index (κ1) is 16.3. The molecule has 0 bridgehead atoms. The van der Waals surface area contributed by atoms with E-state index in [1.54, 1.807) is 16.4 Å². The summed E-state index contributed by atoms with van der Waals surface area (Å²) in [5.74, 6) is 1.42. The van der Waals surface area contributed by atoms with Gasteiger partial charge in [-0.05, 0) is 29.7 Å². The number of rotatable bonds is 4. The van der Waals surface area contributed by atoms with Crippen LogP contribution in [-0.4, -0.2) is 26.3 Å². The minimum atomic E-state index is -0.266. The van der Waals surface area contributed by atoms with E-state index in [9.17, 15) is 0 Å². The molecule has 5 nitrogen and oxygen atoms in total. The highest BCUT2D eigenvalue weighted by Gasteiger charge is 2.23. The van der Waals surface area contributed by atoms with Gasteiger partial charge in [-0.1, -0.05) is 65.8 Å². The molecule has 0 amide bonds. The lowest BCUT2D eigenvalue weighted by atomic mass is 10.1. The van der Waals surface area contributed by atoms with Crippen molar-refractivity contribution in [1.82, 2.24) is 14.9 Å². The van der Waals surface area contributed by atoms with Gasteiger partial charge in [0.05, 0.1) is 11.8 Å². The summed E-state index contributed by atoms with van der Waals surface area (Å²) in [5, 5.41) is 14.7. The van der Waals surface area contributed by atoms with Crippen LogP contribution in [0.15, 0.2) is 64.9 Å². The molecule has 3 aromatic rings. The molecule has 1 aliphatic heterocycles. The van der Waals surface area contributed by atoms with Crippen LogP contribution in [0.2, 0.25) is 5.02 Å². The average molecular weight is 370 g/mol. The number of benzene rings is 2. The summed E-state index contributed by atoms with van der Waals surface area (Å²) in [6, 6.07) is 17.5. The van der Waals surface area contributed by atoms with Gasteiger partial charge in [0, 0.05) is 10.8 Å². The molecule has 1 aliphatic rings. The molecule has 126 valence electrons. The number of thioether (sulfide) groups is 1. The lowest BCUT2D eigenvalue weighted by Crippen LogP contribution is -2.21. The molecule has 1 atom stereocenters. The smallest absolute Gasteiger partial charge is 0.212 e. The first-order chi connectivity index (χ1) is 12.2. The van der Waals surface area contributed by atoms with E-state index in [0.29, 0.717) is 17.3 Å². The van der Waals surface area contributed by atoms with Crippen LogP contribution in [0.4, 0.5) is 0 Å². The molecular weight excluding hydrogens is 354 g/mol. The maximum atomic E-state index is 6.38. The summed E-state index contributed by atoms with van der Waals surface area (Å²) in [6.07, 6.45) is 0.690. The van der Waals surface area contributed by atoms with Gasteiger partial charge in [-0.25, -0.2) is 0 Å². The van der Waals surface area contributed by atoms with Crippen molar-refractivity contribution in [3.8, 4) is 0 Å². The Morgan fingerprint density at radius 2 is 1.84 bits per heavy atom. The van der Waals surface area contributed by atoms with E-state index in [-0.39, 0.29) is 6.04 Å². The second-order valence-electron chi connectivity index (χ2n) is 5.79. The summed E-state index contributed by atoms with van der Waals surface area (Å²) >= 11 is 7.58. The molecule has 0 unspecified atom stereocenters. The minimum absolute atomic E-state index is 0.266. The van der Waals surface area contributed by atoms with Crippen LogP contribution < -0.4 is 5.73 Å². The Kier molecular flexibility index (Phi) is 4.57. The Balaban J connectivity index is 1.63. The average Bonchev–Trinajstić information content (AvgIpc) is 3.06. The number of aromatic nitrogens is 3. The number of hydrogen-bond donors (Lipinski definition) is 1. The summed E-state index contributed by atoms with van der Waals surface area (Å²) < 4.78 is 1.77. The zero-order valence-electron chi connectivity index (χ0n) is 13.3. The van der Waals surface area contributed by atoms with Crippen molar-refractivity contribution < 1.29 is 0 Å². The van der Waals surface area contributed by atoms with Crippen LogP contribution in [0.5, 0.6) is 0 Å². The lowest BCUT2D eigenvalue weighted by Gasteiger charge is -2.16. The zero-order chi connectivity index (χ0) is 17.2. The van der Waals surface area contributed by atoms with Gasteiger partial charge in [0.2, 0.25) is 5.16 Å². The quantitative estimate of drug-likeness (QED) is 0.763. The Labute approximate surface area is 154 Å². The van der Waals surface area contributed by atoms with E-state index in [4.69, 9.17) is 22.4 Å². The highest BCUT2D eigenvalue weighted by Crippen LogP contribution is 2.27. The van der Waals surface area contributed by atoms with Crippen molar-refractivity contribution in [3.63, 3.8) is 0 Å². The molecular formula is C18H16ClN5S. The van der Waals surface area contributed by atoms with E-state index < -0.39 is 0 Å². The molecule has 0 aliphatic carbocycles. The van der Waals surface area contributed by atoms with Gasteiger partial charge in [0.1, 0.15) is 0 Å². The molecule has 2 aromatic carbocycles. The summed E-state index contributed by atoms with van der Waals surface area (Å²) in [5.41, 5.74) is 9.55. The Hall–Kier alpha value is -2.15. The molecule has 2 N–H and O–H groups in total. The maximum absolute atomic E-state index is 6.38. The number of nitrogens with zero attached hydrogens (tertiary/aromatic N) is 4. The van der Waals surface area contributed by atoms with Gasteiger partial charge in [-0.3, -0.25) is 0 Å². The predicted molar refractivity (Wildman–Crippen MR) is 101 cm³/mol. The van der Waals surface area contributed by atoms with Gasteiger partial charge >= 0.3 is 0 Å². The molecule has 0 spiro atoms. The summed E-state index contributed by atoms with van der Waals surface area (Å²) in [7, 11) is 0. The molecule has 4 rings (SSSR count). The highest BCUT2D eigenvalue weighted by atomic mass is 35.5. The van der Waals surface area contributed by atoms with Gasteiger partial charge in [-0.15, -0.1) is 10.2 Å². The van der Waals surface area contributed by atoms with Crippen molar-refractivity contribution in [2.24, 2.45) is 10.8 Å². The fourth-order valence-electron chi connectivity index (χ4n) is 2.72. The van der Waals surface area contributed by atoms with Crippen LogP contribution in [0.25, 0.3) is 0 Å². The number of nitrogens with two attached hydrogens (primary N) is 1. The highest BCUT2D eigenvalue weighted by molar-refractivity contribution is 7.99. The first-order valence-electron chi connectivity index (χ1n) is 7.92. The molecule has 1 aromatic heterocycles. The third-order valence-electron chi connectivity index (χ3n) is 4.00. The first-order valence-corrected chi connectivity index (χ1v) is 9.28. The molecule has 0 radical (unpaired) electrons. The van der Waals surface area contributed by atoms with Crippen molar-refractivity contribution >= 4 is 29.1 Å². The van der Waals surface area contributed by atoms with Crippen molar-refractivity contribution in [2.75, 3.05) is 5.75 Å². The van der Waals surface area contributed by atoms with E-state index in [1.807, 2.05) is 42.5 Å². The number of halogens is 1. The fourth-order valence-corrected chi connectivity index (χ4v) is 3.69. The van der Waals surface area contributed by atoms with Gasteiger partial charge in [0.25, 0.3) is 0 Å². The van der Waals surface area contributed by atoms with Gasteiger partial charge < -0.3 is 5.73 Å². The molecule has 0 saturated heterocycles. The van der Waals surface area contributed by atoms with Gasteiger partial charge in [-0.2, -0.15) is 9.78 Å². The Morgan fingerprint density at radius 1 is 1.08 bits per heavy atom. The number of hydrogen-bond acceptors (Lipinski definition) is 5. The fraction of sp³-hybridized carbons (Fsp3) is 0.167. The largest absolute Gasteiger partial charge is 0.321 e. The SMILES string of the molecule is N[C@@H](Cc1ccccc1)c1nnc2n1N=C(c1ccc(Cl)cc1)CS2. The van der Waals surface area contributed by atoms with E-state index in [0.717, 1.165) is 27.7 Å². The third-order valence-corrected chi connectivity index (χ3v) is 5.18. The zero-order valence-corrected chi connectivity index (χ0v) is 14.9. The maximum Gasteiger partial charge on any atom is 0.212 e. The molecule has 2 heterocycles. The monoisotopic (exact) mass is 369 g/mol. The predicted octanol–water partition coefficient (Wildman–Crippen LogP) is 3.53. The Bertz CT molecular complexity index is 905.